The van der Waals surface area contributed by atoms with E-state index in [4.69, 9.17) is 9.47 Å². The molecule has 0 bridgehead atoms. The van der Waals surface area contributed by atoms with Gasteiger partial charge >= 0.3 is 0 Å². The van der Waals surface area contributed by atoms with Gasteiger partial charge in [0.25, 0.3) is 15.9 Å². The molecule has 7 nitrogen and oxygen atoms in total. The number of rotatable bonds is 5. The lowest BCUT2D eigenvalue weighted by molar-refractivity contribution is 0.102. The second-order valence-corrected chi connectivity index (χ2v) is 9.56. The fourth-order valence-corrected chi connectivity index (χ4v) is 5.65. The van der Waals surface area contributed by atoms with Gasteiger partial charge in [0.05, 0.1) is 11.3 Å². The molecular formula is C20H18N2O5S2. The summed E-state index contributed by atoms with van der Waals surface area (Å²) in [5.74, 6) is 0.707. The SMILES string of the molecule is Cc1cc(S(=O)(=O)Nc2ccccc2C(=O)Nc2ccc3c(c2)OCO3)c(C)s1. The van der Waals surface area contributed by atoms with Gasteiger partial charge in [-0.3, -0.25) is 9.52 Å². The van der Waals surface area contributed by atoms with E-state index in [1.54, 1.807) is 55.5 Å². The topological polar surface area (TPSA) is 93.7 Å². The van der Waals surface area contributed by atoms with Crippen molar-refractivity contribution in [2.75, 3.05) is 16.8 Å². The molecule has 1 aliphatic rings. The number of fused-ring (bicyclic) bond motifs is 1. The molecule has 0 fully saturated rings. The molecule has 4 rings (SSSR count). The molecule has 0 atom stereocenters. The molecule has 0 saturated heterocycles. The first-order chi connectivity index (χ1) is 13.8. The van der Waals surface area contributed by atoms with Crippen molar-refractivity contribution in [2.24, 2.45) is 0 Å². The number of carbonyl (C=O) groups is 1. The minimum Gasteiger partial charge on any atom is -0.454 e. The van der Waals surface area contributed by atoms with E-state index in [2.05, 4.69) is 10.0 Å². The molecular weight excluding hydrogens is 412 g/mol. The van der Waals surface area contributed by atoms with Gasteiger partial charge in [0, 0.05) is 21.5 Å². The largest absolute Gasteiger partial charge is 0.454 e. The monoisotopic (exact) mass is 430 g/mol. The third-order valence-corrected chi connectivity index (χ3v) is 6.92. The van der Waals surface area contributed by atoms with E-state index in [9.17, 15) is 13.2 Å². The van der Waals surface area contributed by atoms with Gasteiger partial charge in [0.2, 0.25) is 6.79 Å². The Hall–Kier alpha value is -3.04. The van der Waals surface area contributed by atoms with E-state index in [0.717, 1.165) is 4.88 Å². The first kappa shape index (κ1) is 19.3. The maximum atomic E-state index is 12.8. The average Bonchev–Trinajstić information content (AvgIpc) is 3.27. The highest BCUT2D eigenvalue weighted by Crippen LogP contribution is 2.34. The maximum absolute atomic E-state index is 12.8. The Morgan fingerprint density at radius 2 is 1.79 bits per heavy atom. The first-order valence-corrected chi connectivity index (χ1v) is 11.0. The van der Waals surface area contributed by atoms with Crippen LogP contribution in [0.1, 0.15) is 20.1 Å². The predicted molar refractivity (Wildman–Crippen MR) is 112 cm³/mol. The Morgan fingerprint density at radius 1 is 1.03 bits per heavy atom. The zero-order valence-corrected chi connectivity index (χ0v) is 17.3. The van der Waals surface area contributed by atoms with Crippen molar-refractivity contribution in [2.45, 2.75) is 18.7 Å². The van der Waals surface area contributed by atoms with Crippen LogP contribution >= 0.6 is 11.3 Å². The van der Waals surface area contributed by atoms with Crippen molar-refractivity contribution >= 4 is 38.6 Å². The summed E-state index contributed by atoms with van der Waals surface area (Å²) in [7, 11) is -3.82. The summed E-state index contributed by atoms with van der Waals surface area (Å²) in [5, 5.41) is 2.76. The summed E-state index contributed by atoms with van der Waals surface area (Å²) < 4.78 is 38.8. The molecule has 1 amide bonds. The number of thiophene rings is 1. The molecule has 3 aromatic rings. The predicted octanol–water partition coefficient (Wildman–Crippen LogP) is 4.15. The highest BCUT2D eigenvalue weighted by Gasteiger charge is 2.22. The minimum atomic E-state index is -3.82. The van der Waals surface area contributed by atoms with Gasteiger partial charge < -0.3 is 14.8 Å². The van der Waals surface area contributed by atoms with E-state index < -0.39 is 15.9 Å². The standard InChI is InChI=1S/C20H18N2O5S2/c1-12-9-19(13(2)28-12)29(24,25)22-16-6-4-3-5-15(16)20(23)21-14-7-8-17-18(10-14)27-11-26-17/h3-10,22H,11H2,1-2H3,(H,21,23). The number of amides is 1. The molecule has 29 heavy (non-hydrogen) atoms. The quantitative estimate of drug-likeness (QED) is 0.634. The van der Waals surface area contributed by atoms with Gasteiger partial charge in [-0.25, -0.2) is 8.42 Å². The molecule has 9 heteroatoms. The van der Waals surface area contributed by atoms with Crippen LogP contribution in [-0.2, 0) is 10.0 Å². The van der Waals surface area contributed by atoms with Gasteiger partial charge in [-0.2, -0.15) is 0 Å². The smallest absolute Gasteiger partial charge is 0.263 e. The molecule has 0 spiro atoms. The summed E-state index contributed by atoms with van der Waals surface area (Å²) in [6, 6.07) is 13.1. The number of ether oxygens (including phenoxy) is 2. The molecule has 1 aromatic heterocycles. The van der Waals surface area contributed by atoms with Gasteiger partial charge in [-0.05, 0) is 44.2 Å². The number of sulfonamides is 1. The number of benzene rings is 2. The third-order valence-electron chi connectivity index (χ3n) is 4.33. The van der Waals surface area contributed by atoms with E-state index in [-0.39, 0.29) is 22.9 Å². The lowest BCUT2D eigenvalue weighted by Crippen LogP contribution is -2.18. The van der Waals surface area contributed by atoms with Crippen LogP contribution in [0.2, 0.25) is 0 Å². The van der Waals surface area contributed by atoms with Crippen molar-refractivity contribution in [3.8, 4) is 11.5 Å². The summed E-state index contributed by atoms with van der Waals surface area (Å²) in [6.07, 6.45) is 0. The van der Waals surface area contributed by atoms with Crippen LogP contribution in [0.25, 0.3) is 0 Å². The molecule has 0 radical (unpaired) electrons. The number of hydrogen-bond acceptors (Lipinski definition) is 6. The molecule has 0 unspecified atom stereocenters. The Morgan fingerprint density at radius 3 is 2.55 bits per heavy atom. The second kappa shape index (κ2) is 7.41. The summed E-state index contributed by atoms with van der Waals surface area (Å²) in [5.41, 5.74) is 0.925. The van der Waals surface area contributed by atoms with Crippen LogP contribution < -0.4 is 19.5 Å². The van der Waals surface area contributed by atoms with E-state index in [1.807, 2.05) is 6.92 Å². The average molecular weight is 431 g/mol. The normalized spacial score (nSPS) is 12.6. The van der Waals surface area contributed by atoms with Crippen molar-refractivity contribution < 1.29 is 22.7 Å². The third kappa shape index (κ3) is 3.92. The van der Waals surface area contributed by atoms with Crippen LogP contribution in [0.15, 0.2) is 53.4 Å². The second-order valence-electron chi connectivity index (χ2n) is 6.45. The molecule has 2 heterocycles. The first-order valence-electron chi connectivity index (χ1n) is 8.73. The number of anilines is 2. The number of para-hydroxylation sites is 1. The van der Waals surface area contributed by atoms with Gasteiger partial charge in [-0.15, -0.1) is 11.3 Å². The lowest BCUT2D eigenvalue weighted by atomic mass is 10.1. The Labute approximate surface area is 172 Å². The van der Waals surface area contributed by atoms with E-state index in [1.165, 1.54) is 11.3 Å². The highest BCUT2D eigenvalue weighted by molar-refractivity contribution is 7.93. The van der Waals surface area contributed by atoms with Crippen molar-refractivity contribution in [1.82, 2.24) is 0 Å². The van der Waals surface area contributed by atoms with Crippen LogP contribution in [-0.4, -0.2) is 21.1 Å². The van der Waals surface area contributed by atoms with Gasteiger partial charge in [-0.1, -0.05) is 12.1 Å². The van der Waals surface area contributed by atoms with Crippen LogP contribution in [0.4, 0.5) is 11.4 Å². The van der Waals surface area contributed by atoms with Crippen molar-refractivity contribution in [3.05, 3.63) is 63.8 Å². The summed E-state index contributed by atoms with van der Waals surface area (Å²) in [4.78, 5) is 14.6. The highest BCUT2D eigenvalue weighted by atomic mass is 32.2. The molecule has 2 N–H and O–H groups in total. The Kier molecular flexibility index (Phi) is 4.93. The maximum Gasteiger partial charge on any atom is 0.263 e. The van der Waals surface area contributed by atoms with Crippen LogP contribution in [0, 0.1) is 13.8 Å². The molecule has 150 valence electrons. The van der Waals surface area contributed by atoms with E-state index >= 15 is 0 Å². The number of hydrogen-bond donors (Lipinski definition) is 2. The molecule has 1 aliphatic heterocycles. The Bertz CT molecular complexity index is 1200. The fraction of sp³-hybridized carbons (Fsp3) is 0.150. The van der Waals surface area contributed by atoms with E-state index in [0.29, 0.717) is 22.1 Å². The van der Waals surface area contributed by atoms with Gasteiger partial charge in [0.15, 0.2) is 11.5 Å². The summed E-state index contributed by atoms with van der Waals surface area (Å²) in [6.45, 7) is 3.74. The van der Waals surface area contributed by atoms with Crippen LogP contribution in [0.3, 0.4) is 0 Å². The molecule has 0 aliphatic carbocycles. The fourth-order valence-electron chi connectivity index (χ4n) is 3.02. The van der Waals surface area contributed by atoms with Crippen molar-refractivity contribution in [3.63, 3.8) is 0 Å². The number of nitrogens with one attached hydrogen (secondary N) is 2. The zero-order chi connectivity index (χ0) is 20.6. The number of carbonyl (C=O) groups excluding carboxylic acids is 1. The number of aryl methyl sites for hydroxylation is 2. The summed E-state index contributed by atoms with van der Waals surface area (Å²) >= 11 is 1.41. The van der Waals surface area contributed by atoms with Gasteiger partial charge in [0.1, 0.15) is 4.90 Å². The Balaban J connectivity index is 1.59. The van der Waals surface area contributed by atoms with Crippen LogP contribution in [0.5, 0.6) is 11.5 Å². The zero-order valence-electron chi connectivity index (χ0n) is 15.7. The minimum absolute atomic E-state index is 0.138. The van der Waals surface area contributed by atoms with Crippen molar-refractivity contribution in [1.29, 1.82) is 0 Å². The molecule has 2 aromatic carbocycles. The molecule has 0 saturated carbocycles. The lowest BCUT2D eigenvalue weighted by Gasteiger charge is -2.13.